The van der Waals surface area contributed by atoms with E-state index in [-0.39, 0.29) is 17.4 Å². The summed E-state index contributed by atoms with van der Waals surface area (Å²) in [7, 11) is 5.32. The van der Waals surface area contributed by atoms with Crippen LogP contribution < -0.4 is 10.6 Å². The maximum Gasteiger partial charge on any atom is 0.223 e. The van der Waals surface area contributed by atoms with Crippen molar-refractivity contribution in [2.75, 3.05) is 39.7 Å². The molecule has 1 aromatic heterocycles. The molecule has 1 saturated heterocycles. The lowest BCUT2D eigenvalue weighted by molar-refractivity contribution is -0.130. The molecule has 7 heteroatoms. The summed E-state index contributed by atoms with van der Waals surface area (Å²) in [4.78, 5) is 19.8. The van der Waals surface area contributed by atoms with Gasteiger partial charge in [0.15, 0.2) is 0 Å². The number of nitrogens with one attached hydrogen (secondary N) is 2. The van der Waals surface area contributed by atoms with Crippen LogP contribution in [0.1, 0.15) is 43.2 Å². The third-order valence-electron chi connectivity index (χ3n) is 6.08. The third kappa shape index (κ3) is 2.98. The van der Waals surface area contributed by atoms with E-state index in [9.17, 15) is 4.79 Å². The molecule has 4 aliphatic rings. The lowest BCUT2D eigenvalue weighted by atomic mass is 9.65. The number of anilines is 1. The average Bonchev–Trinajstić information content (AvgIpc) is 2.62. The molecule has 142 valence electrons. The Morgan fingerprint density at radius 2 is 2.00 bits per heavy atom. The number of hydrogen-bond donors (Lipinski definition) is 2. The minimum absolute atomic E-state index is 0.122. The number of piperidine rings is 1. The van der Waals surface area contributed by atoms with Crippen LogP contribution >= 0.6 is 0 Å². The van der Waals surface area contributed by atoms with Crippen molar-refractivity contribution >= 4 is 11.7 Å². The predicted molar refractivity (Wildman–Crippen MR) is 97.7 cm³/mol. The van der Waals surface area contributed by atoms with Crippen molar-refractivity contribution < 1.29 is 14.3 Å². The van der Waals surface area contributed by atoms with Crippen LogP contribution in [-0.2, 0) is 19.8 Å². The summed E-state index contributed by atoms with van der Waals surface area (Å²) in [6, 6.07) is 4.35. The van der Waals surface area contributed by atoms with Crippen molar-refractivity contribution in [1.29, 1.82) is 0 Å². The number of carbonyl (C=O) groups excluding carboxylic acids is 1. The number of rotatable bonds is 5. The number of methoxy groups -OCH3 is 2. The Balaban J connectivity index is 1.53. The van der Waals surface area contributed by atoms with Crippen molar-refractivity contribution in [2.45, 2.75) is 43.6 Å². The second kappa shape index (κ2) is 6.79. The van der Waals surface area contributed by atoms with E-state index < -0.39 is 6.29 Å². The summed E-state index contributed by atoms with van der Waals surface area (Å²) in [6.45, 7) is 1.98. The van der Waals surface area contributed by atoms with Gasteiger partial charge < -0.3 is 25.0 Å². The molecule has 7 nitrogen and oxygen atoms in total. The van der Waals surface area contributed by atoms with Crippen molar-refractivity contribution in [3.63, 3.8) is 0 Å². The van der Waals surface area contributed by atoms with Gasteiger partial charge in [0, 0.05) is 31.7 Å². The number of ether oxygens (including phenoxy) is 2. The van der Waals surface area contributed by atoms with Crippen LogP contribution in [0.3, 0.4) is 0 Å². The highest BCUT2D eigenvalue weighted by atomic mass is 16.7. The molecule has 1 saturated carbocycles. The second-order valence-electron chi connectivity index (χ2n) is 7.83. The number of nitrogens with zero attached hydrogens (tertiary/aromatic N) is 2. The van der Waals surface area contributed by atoms with Gasteiger partial charge in [-0.05, 0) is 51.9 Å². The first kappa shape index (κ1) is 17.7. The van der Waals surface area contributed by atoms with E-state index >= 15 is 0 Å². The van der Waals surface area contributed by atoms with Crippen molar-refractivity contribution in [2.24, 2.45) is 5.92 Å². The summed E-state index contributed by atoms with van der Waals surface area (Å²) in [5.41, 5.74) is 1.54. The van der Waals surface area contributed by atoms with E-state index in [4.69, 9.17) is 14.5 Å². The van der Waals surface area contributed by atoms with E-state index in [1.54, 1.807) is 14.2 Å². The lowest BCUT2D eigenvalue weighted by Crippen LogP contribution is -2.63. The van der Waals surface area contributed by atoms with E-state index in [0.29, 0.717) is 6.04 Å². The van der Waals surface area contributed by atoms with E-state index in [0.717, 1.165) is 55.8 Å². The minimum Gasteiger partial charge on any atom is -0.367 e. The highest BCUT2D eigenvalue weighted by molar-refractivity contribution is 5.81. The van der Waals surface area contributed by atoms with Crippen LogP contribution in [0.4, 0.5) is 5.82 Å². The molecule has 2 fully saturated rings. The molecule has 4 heterocycles. The topological polar surface area (TPSA) is 75.7 Å². The van der Waals surface area contributed by atoms with Gasteiger partial charge >= 0.3 is 0 Å². The minimum atomic E-state index is -0.481. The zero-order valence-electron chi connectivity index (χ0n) is 15.7. The van der Waals surface area contributed by atoms with Gasteiger partial charge in [-0.2, -0.15) is 0 Å². The van der Waals surface area contributed by atoms with Gasteiger partial charge in [0.05, 0.1) is 11.2 Å². The normalized spacial score (nSPS) is 28.2. The standard InChI is InChI=1S/C19H28N4O3/c1-23-8-6-12(7-9-23)17(24)22-19-10-13(11-19)20-16-14(19)4-5-15(21-16)18(25-2)26-3/h4-5,12-13,18H,6-11H2,1-3H3,(H,20,21)(H,22,24). The molecule has 0 atom stereocenters. The first-order valence-corrected chi connectivity index (χ1v) is 9.39. The Kier molecular flexibility index (Phi) is 4.62. The van der Waals surface area contributed by atoms with Gasteiger partial charge in [0.1, 0.15) is 5.82 Å². The summed E-state index contributed by atoms with van der Waals surface area (Å²) in [6.07, 6.45) is 3.25. The first-order chi connectivity index (χ1) is 12.5. The molecule has 26 heavy (non-hydrogen) atoms. The Morgan fingerprint density at radius 1 is 1.31 bits per heavy atom. The Bertz CT molecular complexity index is 677. The van der Waals surface area contributed by atoms with Crippen LogP contribution in [0, 0.1) is 5.92 Å². The number of carbonyl (C=O) groups is 1. The number of likely N-dealkylation sites (tertiary alicyclic amines) is 1. The molecule has 2 N–H and O–H groups in total. The lowest BCUT2D eigenvalue weighted by Gasteiger charge is -2.54. The zero-order valence-corrected chi connectivity index (χ0v) is 15.7. The third-order valence-corrected chi connectivity index (χ3v) is 6.08. The molecular weight excluding hydrogens is 332 g/mol. The number of amides is 1. The Labute approximate surface area is 154 Å². The quantitative estimate of drug-likeness (QED) is 0.777. The monoisotopic (exact) mass is 360 g/mol. The predicted octanol–water partition coefficient (Wildman–Crippen LogP) is 1.61. The highest BCUT2D eigenvalue weighted by Gasteiger charge is 2.52. The summed E-state index contributed by atoms with van der Waals surface area (Å²) in [5.74, 6) is 1.16. The Hall–Kier alpha value is -1.70. The molecule has 0 unspecified atom stereocenters. The van der Waals surface area contributed by atoms with Crippen LogP contribution in [0.2, 0.25) is 0 Å². The van der Waals surface area contributed by atoms with Crippen LogP contribution in [0.5, 0.6) is 0 Å². The molecule has 5 rings (SSSR count). The van der Waals surface area contributed by atoms with Gasteiger partial charge in [-0.3, -0.25) is 4.79 Å². The van der Waals surface area contributed by atoms with E-state index in [1.165, 1.54) is 0 Å². The van der Waals surface area contributed by atoms with Gasteiger partial charge in [-0.1, -0.05) is 6.07 Å². The van der Waals surface area contributed by atoms with Gasteiger partial charge in [0.2, 0.25) is 12.2 Å². The fourth-order valence-corrected chi connectivity index (χ4v) is 4.51. The Morgan fingerprint density at radius 3 is 2.65 bits per heavy atom. The second-order valence-corrected chi connectivity index (χ2v) is 7.83. The molecule has 2 bridgehead atoms. The fourth-order valence-electron chi connectivity index (χ4n) is 4.51. The molecule has 0 spiro atoms. The molecule has 0 radical (unpaired) electrons. The van der Waals surface area contributed by atoms with Gasteiger partial charge in [-0.15, -0.1) is 0 Å². The van der Waals surface area contributed by atoms with Crippen molar-refractivity contribution in [1.82, 2.24) is 15.2 Å². The van der Waals surface area contributed by atoms with Crippen LogP contribution in [-0.4, -0.2) is 56.2 Å². The molecule has 1 amide bonds. The first-order valence-electron chi connectivity index (χ1n) is 9.39. The zero-order chi connectivity index (χ0) is 18.3. The van der Waals surface area contributed by atoms with Crippen molar-refractivity contribution in [3.05, 3.63) is 23.4 Å². The summed E-state index contributed by atoms with van der Waals surface area (Å²) in [5, 5.41) is 6.85. The smallest absolute Gasteiger partial charge is 0.223 e. The largest absolute Gasteiger partial charge is 0.367 e. The number of hydrogen-bond acceptors (Lipinski definition) is 6. The van der Waals surface area contributed by atoms with E-state index in [2.05, 4.69) is 28.6 Å². The number of pyridine rings is 1. The van der Waals surface area contributed by atoms with Gasteiger partial charge in [-0.25, -0.2) is 4.98 Å². The fraction of sp³-hybridized carbons (Fsp3) is 0.684. The molecule has 1 aromatic rings. The highest BCUT2D eigenvalue weighted by Crippen LogP contribution is 2.50. The molecular formula is C19H28N4O3. The molecule has 0 aromatic carbocycles. The maximum atomic E-state index is 12.9. The van der Waals surface area contributed by atoms with Crippen LogP contribution in [0.25, 0.3) is 0 Å². The van der Waals surface area contributed by atoms with Gasteiger partial charge in [0.25, 0.3) is 0 Å². The summed E-state index contributed by atoms with van der Waals surface area (Å²) >= 11 is 0. The molecule has 3 aliphatic heterocycles. The van der Waals surface area contributed by atoms with E-state index in [1.807, 2.05) is 6.07 Å². The average molecular weight is 360 g/mol. The number of aromatic nitrogens is 1. The molecule has 1 aliphatic carbocycles. The SMILES string of the molecule is COC(OC)c1ccc2c(n1)NC1CC2(NC(=O)C2CCN(C)CC2)C1. The van der Waals surface area contributed by atoms with Crippen LogP contribution in [0.15, 0.2) is 12.1 Å². The maximum absolute atomic E-state index is 12.9. The van der Waals surface area contributed by atoms with Crippen molar-refractivity contribution in [3.8, 4) is 0 Å². The summed E-state index contributed by atoms with van der Waals surface area (Å²) < 4.78 is 10.6.